The summed E-state index contributed by atoms with van der Waals surface area (Å²) in [4.78, 5) is 19.4. The molecule has 4 rings (SSSR count). The van der Waals surface area contributed by atoms with E-state index in [1.54, 1.807) is 13.2 Å². The molecule has 1 fully saturated rings. The molecule has 5 heteroatoms. The highest BCUT2D eigenvalue weighted by Gasteiger charge is 2.33. The van der Waals surface area contributed by atoms with E-state index >= 15 is 0 Å². The Hall–Kier alpha value is -2.82. The van der Waals surface area contributed by atoms with Gasteiger partial charge in [-0.2, -0.15) is 0 Å². The van der Waals surface area contributed by atoms with Crippen LogP contribution in [-0.4, -0.2) is 33.3 Å². The molecule has 0 radical (unpaired) electrons. The Bertz CT molecular complexity index is 883. The first-order valence-electron chi connectivity index (χ1n) is 8.12. The quantitative estimate of drug-likeness (QED) is 0.725. The van der Waals surface area contributed by atoms with E-state index in [-0.39, 0.29) is 5.91 Å². The van der Waals surface area contributed by atoms with Crippen molar-refractivity contribution in [3.8, 4) is 5.75 Å². The van der Waals surface area contributed by atoms with Crippen LogP contribution in [0.2, 0.25) is 0 Å². The lowest BCUT2D eigenvalue weighted by molar-refractivity contribution is 0.0727. The van der Waals surface area contributed by atoms with Gasteiger partial charge in [0.15, 0.2) is 0 Å². The van der Waals surface area contributed by atoms with E-state index in [4.69, 9.17) is 4.74 Å². The number of pyridine rings is 1. The van der Waals surface area contributed by atoms with Gasteiger partial charge in [0.05, 0.1) is 25.5 Å². The number of carbonyl (C=O) groups excluding carboxylic acids is 1. The van der Waals surface area contributed by atoms with E-state index in [9.17, 15) is 4.79 Å². The van der Waals surface area contributed by atoms with E-state index in [1.807, 2.05) is 58.1 Å². The Labute approximate surface area is 140 Å². The monoisotopic (exact) mass is 321 g/mol. The summed E-state index contributed by atoms with van der Waals surface area (Å²) in [6.07, 6.45) is 5.96. The fraction of sp³-hybridized carbons (Fsp3) is 0.263. The van der Waals surface area contributed by atoms with Crippen molar-refractivity contribution in [1.29, 1.82) is 0 Å². The molecule has 0 saturated heterocycles. The number of amides is 1. The molecule has 0 atom stereocenters. The largest absolute Gasteiger partial charge is 0.497 e. The summed E-state index contributed by atoms with van der Waals surface area (Å²) in [5, 5.41) is 0. The second-order valence-corrected chi connectivity index (χ2v) is 6.07. The lowest BCUT2D eigenvalue weighted by Crippen LogP contribution is -2.33. The number of benzene rings is 1. The molecule has 2 heterocycles. The van der Waals surface area contributed by atoms with Crippen LogP contribution >= 0.6 is 0 Å². The third-order valence-corrected chi connectivity index (χ3v) is 4.39. The average molecular weight is 321 g/mol. The van der Waals surface area contributed by atoms with Gasteiger partial charge in [-0.05, 0) is 43.2 Å². The molecule has 2 aromatic heterocycles. The maximum Gasteiger partial charge on any atom is 0.254 e. The van der Waals surface area contributed by atoms with E-state index in [0.717, 1.165) is 24.2 Å². The lowest BCUT2D eigenvalue weighted by atomic mass is 10.1. The predicted octanol–water partition coefficient (Wildman–Crippen LogP) is 3.15. The van der Waals surface area contributed by atoms with Gasteiger partial charge in [-0.15, -0.1) is 0 Å². The molecular formula is C19H19N3O2. The summed E-state index contributed by atoms with van der Waals surface area (Å²) < 4.78 is 7.28. The molecule has 1 aliphatic carbocycles. The van der Waals surface area contributed by atoms with Crippen molar-refractivity contribution in [2.75, 3.05) is 7.11 Å². The molecule has 1 saturated carbocycles. The van der Waals surface area contributed by atoms with Crippen LogP contribution in [0.3, 0.4) is 0 Å². The minimum Gasteiger partial charge on any atom is -0.497 e. The third kappa shape index (κ3) is 2.73. The number of rotatable bonds is 5. The molecular weight excluding hydrogens is 302 g/mol. The van der Waals surface area contributed by atoms with E-state index in [1.165, 1.54) is 0 Å². The molecule has 0 aliphatic heterocycles. The number of carbonyl (C=O) groups is 1. The summed E-state index contributed by atoms with van der Waals surface area (Å²) in [7, 11) is 1.61. The molecule has 24 heavy (non-hydrogen) atoms. The first-order chi connectivity index (χ1) is 11.8. The topological polar surface area (TPSA) is 46.8 Å². The van der Waals surface area contributed by atoms with Crippen LogP contribution in [-0.2, 0) is 6.54 Å². The van der Waals surface area contributed by atoms with Crippen molar-refractivity contribution < 1.29 is 9.53 Å². The maximum atomic E-state index is 13.0. The maximum absolute atomic E-state index is 13.0. The van der Waals surface area contributed by atoms with Gasteiger partial charge in [0.1, 0.15) is 11.4 Å². The van der Waals surface area contributed by atoms with Crippen molar-refractivity contribution in [2.24, 2.45) is 0 Å². The van der Waals surface area contributed by atoms with Crippen LogP contribution in [0.4, 0.5) is 0 Å². The van der Waals surface area contributed by atoms with Gasteiger partial charge >= 0.3 is 0 Å². The molecule has 0 N–H and O–H groups in total. The Kier molecular flexibility index (Phi) is 3.69. The average Bonchev–Trinajstić information content (AvgIpc) is 3.40. The van der Waals surface area contributed by atoms with Crippen LogP contribution in [0.25, 0.3) is 5.65 Å². The first-order valence-corrected chi connectivity index (χ1v) is 8.12. The van der Waals surface area contributed by atoms with Crippen LogP contribution in [0.15, 0.2) is 54.9 Å². The van der Waals surface area contributed by atoms with Gasteiger partial charge in [-0.1, -0.05) is 12.1 Å². The van der Waals surface area contributed by atoms with Crippen molar-refractivity contribution in [1.82, 2.24) is 14.3 Å². The molecule has 3 aromatic rings. The van der Waals surface area contributed by atoms with E-state index < -0.39 is 0 Å². The second kappa shape index (κ2) is 6.00. The van der Waals surface area contributed by atoms with Gasteiger partial charge in [-0.25, -0.2) is 4.98 Å². The summed E-state index contributed by atoms with van der Waals surface area (Å²) in [6.45, 7) is 0.561. The normalized spacial score (nSPS) is 13.9. The number of hydrogen-bond acceptors (Lipinski definition) is 3. The summed E-state index contributed by atoms with van der Waals surface area (Å²) >= 11 is 0. The zero-order valence-electron chi connectivity index (χ0n) is 13.6. The molecule has 0 bridgehead atoms. The van der Waals surface area contributed by atoms with Gasteiger partial charge in [-0.3, -0.25) is 4.79 Å². The molecule has 122 valence electrons. The smallest absolute Gasteiger partial charge is 0.254 e. The fourth-order valence-corrected chi connectivity index (χ4v) is 2.95. The highest BCUT2D eigenvalue weighted by atomic mass is 16.5. The number of methoxy groups -OCH3 is 1. The van der Waals surface area contributed by atoms with Crippen molar-refractivity contribution in [3.63, 3.8) is 0 Å². The van der Waals surface area contributed by atoms with Crippen LogP contribution in [0.1, 0.15) is 28.9 Å². The Morgan fingerprint density at radius 2 is 2.17 bits per heavy atom. The number of fused-ring (bicyclic) bond motifs is 1. The van der Waals surface area contributed by atoms with Crippen molar-refractivity contribution in [2.45, 2.75) is 25.4 Å². The fourth-order valence-electron chi connectivity index (χ4n) is 2.95. The number of aromatic nitrogens is 2. The molecule has 1 amide bonds. The highest BCUT2D eigenvalue weighted by Crippen LogP contribution is 2.30. The second-order valence-electron chi connectivity index (χ2n) is 6.07. The predicted molar refractivity (Wildman–Crippen MR) is 91.1 cm³/mol. The van der Waals surface area contributed by atoms with Gasteiger partial charge < -0.3 is 14.0 Å². The van der Waals surface area contributed by atoms with Crippen molar-refractivity contribution >= 4 is 11.6 Å². The highest BCUT2D eigenvalue weighted by molar-refractivity contribution is 5.95. The summed E-state index contributed by atoms with van der Waals surface area (Å²) in [5.41, 5.74) is 2.58. The zero-order chi connectivity index (χ0) is 16.5. The van der Waals surface area contributed by atoms with Crippen LogP contribution < -0.4 is 4.74 Å². The molecule has 1 aliphatic rings. The number of hydrogen-bond donors (Lipinski definition) is 0. The van der Waals surface area contributed by atoms with Gasteiger partial charge in [0.25, 0.3) is 5.91 Å². The first kappa shape index (κ1) is 14.8. The van der Waals surface area contributed by atoms with Crippen LogP contribution in [0.5, 0.6) is 5.75 Å². The minimum absolute atomic E-state index is 0.0438. The Balaban J connectivity index is 1.63. The standard InChI is InChI=1S/C19H19N3O2/c1-24-17-6-4-5-14(11-17)19(23)22(15-8-9-15)13-16-12-20-18-7-2-3-10-21(16)18/h2-7,10-12,15H,8-9,13H2,1H3. The lowest BCUT2D eigenvalue weighted by Gasteiger charge is -2.22. The molecule has 0 unspecified atom stereocenters. The van der Waals surface area contributed by atoms with Gasteiger partial charge in [0.2, 0.25) is 0 Å². The number of nitrogens with zero attached hydrogens (tertiary/aromatic N) is 3. The summed E-state index contributed by atoms with van der Waals surface area (Å²) in [5.74, 6) is 0.744. The number of imidazole rings is 1. The zero-order valence-corrected chi connectivity index (χ0v) is 13.6. The minimum atomic E-state index is 0.0438. The Morgan fingerprint density at radius 3 is 2.96 bits per heavy atom. The third-order valence-electron chi connectivity index (χ3n) is 4.39. The van der Waals surface area contributed by atoms with Gasteiger partial charge in [0, 0.05) is 17.8 Å². The Morgan fingerprint density at radius 1 is 1.29 bits per heavy atom. The molecule has 1 aromatic carbocycles. The SMILES string of the molecule is COc1cccc(C(=O)N(Cc2cnc3ccccn23)C2CC2)c1. The van der Waals surface area contributed by atoms with E-state index in [0.29, 0.717) is 23.9 Å². The summed E-state index contributed by atoms with van der Waals surface area (Å²) in [6, 6.07) is 13.6. The number of ether oxygens (including phenoxy) is 1. The van der Waals surface area contributed by atoms with Crippen LogP contribution in [0, 0.1) is 0 Å². The molecule has 5 nitrogen and oxygen atoms in total. The van der Waals surface area contributed by atoms with E-state index in [2.05, 4.69) is 4.98 Å². The van der Waals surface area contributed by atoms with Crippen molar-refractivity contribution in [3.05, 3.63) is 66.1 Å². The molecule has 0 spiro atoms.